The van der Waals surface area contributed by atoms with E-state index in [0.717, 1.165) is 24.4 Å². The Morgan fingerprint density at radius 1 is 1.19 bits per heavy atom. The summed E-state index contributed by atoms with van der Waals surface area (Å²) in [6.45, 7) is 6.28. The van der Waals surface area contributed by atoms with E-state index in [0.29, 0.717) is 18.3 Å². The number of benzene rings is 1. The van der Waals surface area contributed by atoms with E-state index in [-0.39, 0.29) is 6.04 Å². The highest BCUT2D eigenvalue weighted by molar-refractivity contribution is 7.80. The van der Waals surface area contributed by atoms with Crippen LogP contribution in [-0.4, -0.2) is 41.9 Å². The maximum atomic E-state index is 5.69. The van der Waals surface area contributed by atoms with Gasteiger partial charge in [0, 0.05) is 38.3 Å². The van der Waals surface area contributed by atoms with Crippen molar-refractivity contribution in [3.63, 3.8) is 0 Å². The van der Waals surface area contributed by atoms with Gasteiger partial charge < -0.3 is 19.7 Å². The molecule has 0 radical (unpaired) electrons. The zero-order valence-electron chi connectivity index (χ0n) is 15.6. The van der Waals surface area contributed by atoms with Gasteiger partial charge in [-0.25, -0.2) is 0 Å². The van der Waals surface area contributed by atoms with E-state index in [1.54, 1.807) is 7.11 Å². The Hall–Kier alpha value is -2.18. The molecule has 1 aromatic carbocycles. The molecule has 0 saturated carbocycles. The summed E-state index contributed by atoms with van der Waals surface area (Å²) in [6, 6.07) is 12.0. The Kier molecular flexibility index (Phi) is 8.31. The summed E-state index contributed by atoms with van der Waals surface area (Å²) < 4.78 is 10.7. The first-order valence-corrected chi connectivity index (χ1v) is 9.26. The molecule has 26 heavy (non-hydrogen) atoms. The molecule has 140 valence electrons. The van der Waals surface area contributed by atoms with Gasteiger partial charge in [-0.3, -0.25) is 4.98 Å². The fourth-order valence-electron chi connectivity index (χ4n) is 2.67. The van der Waals surface area contributed by atoms with Crippen molar-refractivity contribution in [1.29, 1.82) is 0 Å². The average molecular weight is 374 g/mol. The van der Waals surface area contributed by atoms with Crippen molar-refractivity contribution in [2.45, 2.75) is 26.3 Å². The summed E-state index contributed by atoms with van der Waals surface area (Å²) in [6.07, 6.45) is 4.52. The van der Waals surface area contributed by atoms with Gasteiger partial charge in [0.1, 0.15) is 5.75 Å². The van der Waals surface area contributed by atoms with Crippen LogP contribution in [0.3, 0.4) is 0 Å². The summed E-state index contributed by atoms with van der Waals surface area (Å²) in [7, 11) is 1.72. The normalized spacial score (nSPS) is 11.7. The topological polar surface area (TPSA) is 46.6 Å². The molecule has 2 aromatic rings. The highest BCUT2D eigenvalue weighted by Crippen LogP contribution is 2.22. The van der Waals surface area contributed by atoms with Crippen LogP contribution >= 0.6 is 12.2 Å². The summed E-state index contributed by atoms with van der Waals surface area (Å²) in [5.74, 6) is 0.853. The molecular formula is C20H27N3O2S. The Balaban J connectivity index is 2.08. The summed E-state index contributed by atoms with van der Waals surface area (Å²) >= 11 is 5.69. The smallest absolute Gasteiger partial charge is 0.173 e. The first-order valence-electron chi connectivity index (χ1n) is 8.85. The van der Waals surface area contributed by atoms with Crippen molar-refractivity contribution < 1.29 is 9.47 Å². The Morgan fingerprint density at radius 2 is 1.88 bits per heavy atom. The Bertz CT molecular complexity index is 665. The van der Waals surface area contributed by atoms with Crippen LogP contribution in [0.1, 0.15) is 31.9 Å². The van der Waals surface area contributed by atoms with Crippen molar-refractivity contribution in [1.82, 2.24) is 9.88 Å². The molecular weight excluding hydrogens is 346 g/mol. The highest BCUT2D eigenvalue weighted by atomic mass is 32.1. The molecule has 0 amide bonds. The van der Waals surface area contributed by atoms with Gasteiger partial charge >= 0.3 is 0 Å². The number of anilines is 1. The molecule has 1 aromatic heterocycles. The molecule has 0 spiro atoms. The molecule has 0 aliphatic rings. The molecule has 1 heterocycles. The van der Waals surface area contributed by atoms with Gasteiger partial charge in [0.2, 0.25) is 0 Å². The summed E-state index contributed by atoms with van der Waals surface area (Å²) in [4.78, 5) is 6.28. The van der Waals surface area contributed by atoms with Crippen molar-refractivity contribution in [3.05, 3.63) is 54.4 Å². The standard InChI is InChI=1S/C20H27N3O2S/c1-4-25-19-8-6-18(7-9-19)22-20(26)23(14-5-15-24-3)16(2)17-10-12-21-13-11-17/h6-13,16H,4-5,14-15H2,1-3H3,(H,22,26)/t16-/m0/s1. The quantitative estimate of drug-likeness (QED) is 0.523. The fourth-order valence-corrected chi connectivity index (χ4v) is 3.04. The number of hydrogen-bond acceptors (Lipinski definition) is 4. The maximum Gasteiger partial charge on any atom is 0.173 e. The Labute approximate surface area is 161 Å². The molecule has 0 aliphatic heterocycles. The van der Waals surface area contributed by atoms with Crippen LogP contribution in [0.5, 0.6) is 5.75 Å². The van der Waals surface area contributed by atoms with E-state index in [2.05, 4.69) is 22.1 Å². The fraction of sp³-hybridized carbons (Fsp3) is 0.400. The number of ether oxygens (including phenoxy) is 2. The van der Waals surface area contributed by atoms with Crippen molar-refractivity contribution in [2.24, 2.45) is 0 Å². The predicted molar refractivity (Wildman–Crippen MR) is 110 cm³/mol. The van der Waals surface area contributed by atoms with Gasteiger partial charge in [0.25, 0.3) is 0 Å². The van der Waals surface area contributed by atoms with Crippen LogP contribution < -0.4 is 10.1 Å². The number of nitrogens with zero attached hydrogens (tertiary/aromatic N) is 2. The van der Waals surface area contributed by atoms with Crippen LogP contribution in [0.2, 0.25) is 0 Å². The number of hydrogen-bond donors (Lipinski definition) is 1. The minimum Gasteiger partial charge on any atom is -0.494 e. The molecule has 0 unspecified atom stereocenters. The summed E-state index contributed by atoms with van der Waals surface area (Å²) in [5.41, 5.74) is 2.12. The van der Waals surface area contributed by atoms with Crippen LogP contribution in [0.25, 0.3) is 0 Å². The van der Waals surface area contributed by atoms with Gasteiger partial charge in [-0.15, -0.1) is 0 Å². The monoisotopic (exact) mass is 373 g/mol. The lowest BCUT2D eigenvalue weighted by atomic mass is 10.1. The van der Waals surface area contributed by atoms with Crippen molar-refractivity contribution >= 4 is 23.0 Å². The second-order valence-corrected chi connectivity index (χ2v) is 6.27. The van der Waals surface area contributed by atoms with Gasteiger partial charge in [-0.2, -0.15) is 0 Å². The molecule has 1 N–H and O–H groups in total. The molecule has 5 nitrogen and oxygen atoms in total. The Morgan fingerprint density at radius 3 is 2.50 bits per heavy atom. The van der Waals surface area contributed by atoms with Crippen LogP contribution in [0, 0.1) is 0 Å². The molecule has 0 saturated heterocycles. The lowest BCUT2D eigenvalue weighted by Gasteiger charge is -2.32. The number of aromatic nitrogens is 1. The van der Waals surface area contributed by atoms with E-state index in [1.165, 1.54) is 5.56 Å². The van der Waals surface area contributed by atoms with Crippen LogP contribution in [0.4, 0.5) is 5.69 Å². The maximum absolute atomic E-state index is 5.69. The van der Waals surface area contributed by atoms with Gasteiger partial charge in [0.15, 0.2) is 5.11 Å². The molecule has 0 bridgehead atoms. The molecule has 0 aliphatic carbocycles. The minimum absolute atomic E-state index is 0.137. The average Bonchev–Trinajstić information content (AvgIpc) is 2.67. The first kappa shape index (κ1) is 20.1. The van der Waals surface area contributed by atoms with E-state index >= 15 is 0 Å². The third-order valence-electron chi connectivity index (χ3n) is 4.08. The van der Waals surface area contributed by atoms with Crippen molar-refractivity contribution in [2.75, 3.05) is 32.2 Å². The van der Waals surface area contributed by atoms with Crippen LogP contribution in [-0.2, 0) is 4.74 Å². The van der Waals surface area contributed by atoms with E-state index in [1.807, 2.05) is 55.7 Å². The number of methoxy groups -OCH3 is 1. The number of thiocarbonyl (C=S) groups is 1. The number of nitrogens with one attached hydrogen (secondary N) is 1. The molecule has 0 fully saturated rings. The largest absolute Gasteiger partial charge is 0.494 e. The third-order valence-corrected chi connectivity index (χ3v) is 4.42. The van der Waals surface area contributed by atoms with E-state index in [4.69, 9.17) is 21.7 Å². The highest BCUT2D eigenvalue weighted by Gasteiger charge is 2.18. The second-order valence-electron chi connectivity index (χ2n) is 5.88. The van der Waals surface area contributed by atoms with Gasteiger partial charge in [-0.1, -0.05) is 0 Å². The van der Waals surface area contributed by atoms with Gasteiger partial charge in [-0.05, 0) is 74.4 Å². The first-order chi connectivity index (χ1) is 12.7. The lowest BCUT2D eigenvalue weighted by molar-refractivity contribution is 0.181. The zero-order valence-corrected chi connectivity index (χ0v) is 16.5. The number of pyridine rings is 1. The van der Waals surface area contributed by atoms with E-state index < -0.39 is 0 Å². The number of rotatable bonds is 9. The minimum atomic E-state index is 0.137. The molecule has 2 rings (SSSR count). The third kappa shape index (κ3) is 5.97. The summed E-state index contributed by atoms with van der Waals surface area (Å²) in [5, 5.41) is 4.02. The lowest BCUT2D eigenvalue weighted by Crippen LogP contribution is -2.38. The second kappa shape index (κ2) is 10.7. The van der Waals surface area contributed by atoms with Crippen molar-refractivity contribution in [3.8, 4) is 5.75 Å². The van der Waals surface area contributed by atoms with Crippen LogP contribution in [0.15, 0.2) is 48.8 Å². The zero-order chi connectivity index (χ0) is 18.8. The SMILES string of the molecule is CCOc1ccc(NC(=S)N(CCCOC)[C@@H](C)c2ccncc2)cc1. The predicted octanol–water partition coefficient (Wildman–Crippen LogP) is 4.28. The molecule has 1 atom stereocenters. The molecule has 6 heteroatoms. The van der Waals surface area contributed by atoms with E-state index in [9.17, 15) is 0 Å². The van der Waals surface area contributed by atoms with Gasteiger partial charge in [0.05, 0.1) is 12.6 Å².